The molecule has 0 amide bonds. The Hall–Kier alpha value is -0.120. The highest BCUT2D eigenvalue weighted by molar-refractivity contribution is 4.71. The first-order chi connectivity index (χ1) is 6.76. The van der Waals surface area contributed by atoms with Crippen molar-refractivity contribution < 1.29 is 9.84 Å². The number of rotatable bonds is 5. The molecule has 0 radical (unpaired) electrons. The van der Waals surface area contributed by atoms with Crippen LogP contribution in [0.3, 0.4) is 0 Å². The van der Waals surface area contributed by atoms with E-state index in [1.807, 2.05) is 7.05 Å². The molecule has 84 valence electrons. The summed E-state index contributed by atoms with van der Waals surface area (Å²) in [5, 5.41) is 12.0. The highest BCUT2D eigenvalue weighted by Gasteiger charge is 2.19. The number of hydrogen-bond acceptors (Lipinski definition) is 3. The van der Waals surface area contributed by atoms with Gasteiger partial charge in [-0.25, -0.2) is 0 Å². The second-order valence-electron chi connectivity index (χ2n) is 4.38. The fraction of sp³-hybridized carbons (Fsp3) is 1.00. The number of likely N-dealkylation sites (N-methyl/N-ethyl adjacent to an activating group) is 1. The van der Waals surface area contributed by atoms with E-state index in [-0.39, 0.29) is 12.6 Å². The summed E-state index contributed by atoms with van der Waals surface area (Å²) in [5.74, 6) is 0.868. The van der Waals surface area contributed by atoms with Crippen LogP contribution in [0.4, 0.5) is 0 Å². The standard InChI is InChI=1S/C11H23NO2/c1-9-3-5-11(6-4-9)14-8-10(7-13)12-2/h9-13H,3-8H2,1-2H3. The van der Waals surface area contributed by atoms with Crippen molar-refractivity contribution in [2.75, 3.05) is 20.3 Å². The van der Waals surface area contributed by atoms with E-state index in [1.54, 1.807) is 0 Å². The molecular formula is C11H23NO2. The van der Waals surface area contributed by atoms with Crippen LogP contribution in [0.15, 0.2) is 0 Å². The Morgan fingerprint density at radius 1 is 1.36 bits per heavy atom. The Kier molecular flexibility index (Phi) is 5.45. The van der Waals surface area contributed by atoms with Gasteiger partial charge in [-0.1, -0.05) is 6.92 Å². The Morgan fingerprint density at radius 2 is 2.00 bits per heavy atom. The first kappa shape index (κ1) is 12.0. The minimum Gasteiger partial charge on any atom is -0.395 e. The summed E-state index contributed by atoms with van der Waals surface area (Å²) >= 11 is 0. The van der Waals surface area contributed by atoms with E-state index in [0.717, 1.165) is 5.92 Å². The SMILES string of the molecule is CNC(CO)COC1CCC(C)CC1. The first-order valence-corrected chi connectivity index (χ1v) is 5.66. The maximum atomic E-state index is 8.96. The van der Waals surface area contributed by atoms with E-state index in [1.165, 1.54) is 25.7 Å². The smallest absolute Gasteiger partial charge is 0.0645 e. The van der Waals surface area contributed by atoms with E-state index in [2.05, 4.69) is 12.2 Å². The number of nitrogens with one attached hydrogen (secondary N) is 1. The Bertz CT molecular complexity index is 140. The van der Waals surface area contributed by atoms with Crippen LogP contribution < -0.4 is 5.32 Å². The molecule has 1 rings (SSSR count). The Labute approximate surface area is 86.8 Å². The molecule has 0 aromatic rings. The van der Waals surface area contributed by atoms with Gasteiger partial charge in [0.25, 0.3) is 0 Å². The second-order valence-corrected chi connectivity index (χ2v) is 4.38. The second kappa shape index (κ2) is 6.38. The van der Waals surface area contributed by atoms with Crippen LogP contribution in [-0.2, 0) is 4.74 Å². The van der Waals surface area contributed by atoms with Crippen molar-refractivity contribution in [2.24, 2.45) is 5.92 Å². The molecule has 2 N–H and O–H groups in total. The van der Waals surface area contributed by atoms with Gasteiger partial charge in [0.05, 0.1) is 25.4 Å². The van der Waals surface area contributed by atoms with Crippen LogP contribution in [0.25, 0.3) is 0 Å². The number of hydrogen-bond donors (Lipinski definition) is 2. The zero-order chi connectivity index (χ0) is 10.4. The molecule has 0 aromatic heterocycles. The van der Waals surface area contributed by atoms with Gasteiger partial charge in [-0.05, 0) is 38.6 Å². The van der Waals surface area contributed by atoms with Crippen molar-refractivity contribution in [1.82, 2.24) is 5.32 Å². The van der Waals surface area contributed by atoms with Crippen molar-refractivity contribution in [3.8, 4) is 0 Å². The number of ether oxygens (including phenoxy) is 1. The first-order valence-electron chi connectivity index (χ1n) is 5.66. The Morgan fingerprint density at radius 3 is 2.50 bits per heavy atom. The van der Waals surface area contributed by atoms with Gasteiger partial charge in [-0.15, -0.1) is 0 Å². The van der Waals surface area contributed by atoms with Gasteiger partial charge in [0.1, 0.15) is 0 Å². The van der Waals surface area contributed by atoms with E-state index < -0.39 is 0 Å². The summed E-state index contributed by atoms with van der Waals surface area (Å²) in [6.07, 6.45) is 5.36. The van der Waals surface area contributed by atoms with E-state index in [9.17, 15) is 0 Å². The van der Waals surface area contributed by atoms with Crippen LogP contribution in [0, 0.1) is 5.92 Å². The van der Waals surface area contributed by atoms with Crippen LogP contribution in [-0.4, -0.2) is 37.5 Å². The normalized spacial score (nSPS) is 30.2. The summed E-state index contributed by atoms with van der Waals surface area (Å²) in [7, 11) is 1.85. The molecule has 0 heterocycles. The fourth-order valence-electron chi connectivity index (χ4n) is 1.88. The van der Waals surface area contributed by atoms with Crippen LogP contribution in [0.1, 0.15) is 32.6 Å². The van der Waals surface area contributed by atoms with Crippen molar-refractivity contribution in [3.63, 3.8) is 0 Å². The number of aliphatic hydroxyl groups is 1. The van der Waals surface area contributed by atoms with Crippen LogP contribution in [0.5, 0.6) is 0 Å². The van der Waals surface area contributed by atoms with Gasteiger partial charge < -0.3 is 15.2 Å². The molecule has 0 aromatic carbocycles. The lowest BCUT2D eigenvalue weighted by Gasteiger charge is -2.27. The van der Waals surface area contributed by atoms with Gasteiger partial charge in [0, 0.05) is 0 Å². The monoisotopic (exact) mass is 201 g/mol. The summed E-state index contributed by atoms with van der Waals surface area (Å²) in [4.78, 5) is 0. The third kappa shape index (κ3) is 3.95. The molecule has 0 saturated heterocycles. The van der Waals surface area contributed by atoms with Gasteiger partial charge in [0.15, 0.2) is 0 Å². The fourth-order valence-corrected chi connectivity index (χ4v) is 1.88. The molecule has 1 unspecified atom stereocenters. The molecule has 14 heavy (non-hydrogen) atoms. The lowest BCUT2D eigenvalue weighted by Crippen LogP contribution is -2.36. The number of aliphatic hydroxyl groups excluding tert-OH is 1. The molecule has 1 aliphatic rings. The van der Waals surface area contributed by atoms with E-state index in [4.69, 9.17) is 9.84 Å². The van der Waals surface area contributed by atoms with Crippen LogP contribution in [0.2, 0.25) is 0 Å². The lowest BCUT2D eigenvalue weighted by molar-refractivity contribution is 0.00162. The molecule has 0 spiro atoms. The molecular weight excluding hydrogens is 178 g/mol. The van der Waals surface area contributed by atoms with Crippen molar-refractivity contribution in [2.45, 2.75) is 44.8 Å². The predicted octanol–water partition coefficient (Wildman–Crippen LogP) is 1.16. The third-order valence-electron chi connectivity index (χ3n) is 3.12. The van der Waals surface area contributed by atoms with Crippen LogP contribution >= 0.6 is 0 Å². The zero-order valence-corrected chi connectivity index (χ0v) is 9.33. The highest BCUT2D eigenvalue weighted by Crippen LogP contribution is 2.25. The lowest BCUT2D eigenvalue weighted by atomic mass is 9.89. The van der Waals surface area contributed by atoms with E-state index >= 15 is 0 Å². The minimum absolute atomic E-state index is 0.0920. The van der Waals surface area contributed by atoms with Gasteiger partial charge in [-0.3, -0.25) is 0 Å². The average molecular weight is 201 g/mol. The topological polar surface area (TPSA) is 41.5 Å². The molecule has 0 aliphatic heterocycles. The highest BCUT2D eigenvalue weighted by atomic mass is 16.5. The summed E-state index contributed by atoms with van der Waals surface area (Å²) < 4.78 is 5.75. The van der Waals surface area contributed by atoms with Gasteiger partial charge in [-0.2, -0.15) is 0 Å². The molecule has 1 atom stereocenters. The molecule has 0 bridgehead atoms. The third-order valence-corrected chi connectivity index (χ3v) is 3.12. The molecule has 1 saturated carbocycles. The van der Waals surface area contributed by atoms with Gasteiger partial charge in [0.2, 0.25) is 0 Å². The van der Waals surface area contributed by atoms with Crippen molar-refractivity contribution in [3.05, 3.63) is 0 Å². The maximum absolute atomic E-state index is 8.96. The zero-order valence-electron chi connectivity index (χ0n) is 9.33. The maximum Gasteiger partial charge on any atom is 0.0645 e. The van der Waals surface area contributed by atoms with E-state index in [0.29, 0.717) is 12.7 Å². The molecule has 3 heteroatoms. The average Bonchev–Trinajstić information content (AvgIpc) is 2.22. The molecule has 3 nitrogen and oxygen atoms in total. The quantitative estimate of drug-likeness (QED) is 0.701. The summed E-state index contributed by atoms with van der Waals surface area (Å²) in [6, 6.07) is 0.0920. The van der Waals surface area contributed by atoms with Crippen molar-refractivity contribution in [1.29, 1.82) is 0 Å². The Balaban J connectivity index is 2.12. The van der Waals surface area contributed by atoms with Gasteiger partial charge >= 0.3 is 0 Å². The molecule has 1 fully saturated rings. The molecule has 1 aliphatic carbocycles. The predicted molar refractivity (Wildman–Crippen MR) is 57.3 cm³/mol. The van der Waals surface area contributed by atoms with Crippen molar-refractivity contribution >= 4 is 0 Å². The summed E-state index contributed by atoms with van der Waals surface area (Å²) in [6.45, 7) is 3.09. The largest absolute Gasteiger partial charge is 0.395 e. The minimum atomic E-state index is 0.0920. The summed E-state index contributed by atoms with van der Waals surface area (Å²) in [5.41, 5.74) is 0.